The Morgan fingerprint density at radius 1 is 1.36 bits per heavy atom. The Kier molecular flexibility index (Phi) is 2.01. The zero-order valence-electron chi connectivity index (χ0n) is 8.44. The highest BCUT2D eigenvalue weighted by atomic mass is 15.4. The van der Waals surface area contributed by atoms with Crippen LogP contribution in [-0.4, -0.2) is 43.2 Å². The summed E-state index contributed by atoms with van der Waals surface area (Å²) in [5.41, 5.74) is 0.359. The normalized spacial score (nSPS) is 35.2. The summed E-state index contributed by atoms with van der Waals surface area (Å²) in [4.78, 5) is 0. The number of nitrogens with zero attached hydrogens (tertiary/aromatic N) is 1. The van der Waals surface area contributed by atoms with Crippen molar-refractivity contribution in [2.75, 3.05) is 27.2 Å². The van der Waals surface area contributed by atoms with Crippen molar-refractivity contribution in [1.82, 2.24) is 5.32 Å². The first kappa shape index (κ1) is 9.01. The van der Waals surface area contributed by atoms with Crippen LogP contribution in [0.4, 0.5) is 0 Å². The average molecular weight is 157 g/mol. The van der Waals surface area contributed by atoms with Gasteiger partial charge in [0.05, 0.1) is 26.7 Å². The van der Waals surface area contributed by atoms with Crippen LogP contribution in [0.15, 0.2) is 0 Å². The third kappa shape index (κ3) is 1.30. The van der Waals surface area contributed by atoms with Gasteiger partial charge in [-0.05, 0) is 20.8 Å². The first-order valence-electron chi connectivity index (χ1n) is 4.44. The minimum Gasteiger partial charge on any atom is -0.322 e. The van der Waals surface area contributed by atoms with Gasteiger partial charge in [-0.1, -0.05) is 0 Å². The Morgan fingerprint density at radius 3 is 2.27 bits per heavy atom. The van der Waals surface area contributed by atoms with Crippen LogP contribution in [0.3, 0.4) is 0 Å². The molecule has 0 saturated carbocycles. The molecule has 11 heavy (non-hydrogen) atoms. The second kappa shape index (κ2) is 2.46. The number of hydrogen-bond acceptors (Lipinski definition) is 1. The van der Waals surface area contributed by atoms with Gasteiger partial charge in [-0.25, -0.2) is 0 Å². The van der Waals surface area contributed by atoms with E-state index >= 15 is 0 Å². The molecule has 0 aromatic carbocycles. The van der Waals surface area contributed by atoms with Crippen molar-refractivity contribution >= 4 is 0 Å². The summed E-state index contributed by atoms with van der Waals surface area (Å²) in [5.74, 6) is 0. The molecule has 66 valence electrons. The first-order chi connectivity index (χ1) is 4.88. The van der Waals surface area contributed by atoms with E-state index in [1.807, 2.05) is 0 Å². The second-order valence-corrected chi connectivity index (χ2v) is 4.74. The van der Waals surface area contributed by atoms with Crippen LogP contribution in [-0.2, 0) is 0 Å². The Bertz CT molecular complexity index is 150. The maximum atomic E-state index is 3.51. The van der Waals surface area contributed by atoms with Gasteiger partial charge in [-0.2, -0.15) is 0 Å². The Morgan fingerprint density at radius 2 is 1.91 bits per heavy atom. The quantitative estimate of drug-likeness (QED) is 0.514. The standard InChI is InChI=1S/C9H21N2/c1-8-9(2,3)11(4,5)7-6-10-8/h8,10H,6-7H2,1-5H3/q+1. The first-order valence-corrected chi connectivity index (χ1v) is 4.44. The van der Waals surface area contributed by atoms with Gasteiger partial charge in [0.25, 0.3) is 0 Å². The number of piperazine rings is 1. The van der Waals surface area contributed by atoms with Crippen molar-refractivity contribution in [3.05, 3.63) is 0 Å². The highest BCUT2D eigenvalue weighted by Gasteiger charge is 2.43. The third-order valence-electron chi connectivity index (χ3n) is 3.74. The van der Waals surface area contributed by atoms with E-state index in [4.69, 9.17) is 0 Å². The molecule has 1 aliphatic heterocycles. The lowest BCUT2D eigenvalue weighted by Gasteiger charge is -2.51. The Balaban J connectivity index is 2.82. The van der Waals surface area contributed by atoms with Crippen LogP contribution in [0.5, 0.6) is 0 Å². The molecule has 0 aromatic rings. The second-order valence-electron chi connectivity index (χ2n) is 4.74. The fourth-order valence-corrected chi connectivity index (χ4v) is 1.62. The summed E-state index contributed by atoms with van der Waals surface area (Å²) in [6, 6.07) is 0.617. The highest BCUT2D eigenvalue weighted by molar-refractivity contribution is 4.85. The monoisotopic (exact) mass is 157 g/mol. The number of nitrogens with one attached hydrogen (secondary N) is 1. The van der Waals surface area contributed by atoms with Crippen molar-refractivity contribution < 1.29 is 4.48 Å². The summed E-state index contributed by atoms with van der Waals surface area (Å²) in [6.07, 6.45) is 0. The summed E-state index contributed by atoms with van der Waals surface area (Å²) in [7, 11) is 4.63. The van der Waals surface area contributed by atoms with Gasteiger partial charge in [-0.3, -0.25) is 0 Å². The van der Waals surface area contributed by atoms with Crippen LogP contribution in [0.1, 0.15) is 20.8 Å². The van der Waals surface area contributed by atoms with Gasteiger partial charge < -0.3 is 9.80 Å². The van der Waals surface area contributed by atoms with Crippen molar-refractivity contribution in [1.29, 1.82) is 0 Å². The number of quaternary nitrogens is 1. The van der Waals surface area contributed by atoms with Crippen molar-refractivity contribution in [2.45, 2.75) is 32.4 Å². The molecule has 0 spiro atoms. The maximum absolute atomic E-state index is 3.51. The molecule has 0 aromatic heterocycles. The van der Waals surface area contributed by atoms with Gasteiger partial charge in [-0.15, -0.1) is 0 Å². The molecule has 1 atom stereocenters. The summed E-state index contributed by atoms with van der Waals surface area (Å²) >= 11 is 0. The molecule has 0 amide bonds. The zero-order chi connectivity index (χ0) is 8.70. The highest BCUT2D eigenvalue weighted by Crippen LogP contribution is 2.26. The van der Waals surface area contributed by atoms with Crippen molar-refractivity contribution in [3.63, 3.8) is 0 Å². The molecule has 1 unspecified atom stereocenters. The van der Waals surface area contributed by atoms with Crippen molar-refractivity contribution in [2.24, 2.45) is 0 Å². The predicted octanol–water partition coefficient (Wildman–Crippen LogP) is 0.833. The summed E-state index contributed by atoms with van der Waals surface area (Å²) in [5, 5.41) is 3.51. The lowest BCUT2D eigenvalue weighted by Crippen LogP contribution is -2.70. The lowest BCUT2D eigenvalue weighted by molar-refractivity contribution is -0.943. The topological polar surface area (TPSA) is 12.0 Å². The van der Waals surface area contributed by atoms with Crippen LogP contribution < -0.4 is 5.32 Å². The van der Waals surface area contributed by atoms with Crippen LogP contribution in [0.2, 0.25) is 0 Å². The fourth-order valence-electron chi connectivity index (χ4n) is 1.62. The van der Waals surface area contributed by atoms with Crippen LogP contribution in [0, 0.1) is 0 Å². The van der Waals surface area contributed by atoms with Gasteiger partial charge in [0.1, 0.15) is 5.54 Å². The van der Waals surface area contributed by atoms with Gasteiger partial charge in [0.15, 0.2) is 0 Å². The predicted molar refractivity (Wildman–Crippen MR) is 48.5 cm³/mol. The van der Waals surface area contributed by atoms with E-state index < -0.39 is 0 Å². The number of likely N-dealkylation sites (N-methyl/N-ethyl adjacent to an activating group) is 1. The van der Waals surface area contributed by atoms with E-state index in [1.165, 1.54) is 6.54 Å². The van der Waals surface area contributed by atoms with E-state index in [0.29, 0.717) is 11.6 Å². The van der Waals surface area contributed by atoms with E-state index in [0.717, 1.165) is 11.0 Å². The summed E-state index contributed by atoms with van der Waals surface area (Å²) in [6.45, 7) is 9.34. The Hall–Kier alpha value is -0.0800. The van der Waals surface area contributed by atoms with Gasteiger partial charge in [0.2, 0.25) is 0 Å². The molecule has 2 heteroatoms. The van der Waals surface area contributed by atoms with Gasteiger partial charge >= 0.3 is 0 Å². The molecule has 1 fully saturated rings. The van der Waals surface area contributed by atoms with E-state index in [1.54, 1.807) is 0 Å². The number of rotatable bonds is 0. The molecule has 1 aliphatic rings. The zero-order valence-corrected chi connectivity index (χ0v) is 8.44. The largest absolute Gasteiger partial charge is 0.322 e. The van der Waals surface area contributed by atoms with Crippen molar-refractivity contribution in [3.8, 4) is 0 Å². The van der Waals surface area contributed by atoms with E-state index in [2.05, 4.69) is 40.2 Å². The Labute approximate surface area is 70.2 Å². The molecule has 1 saturated heterocycles. The van der Waals surface area contributed by atoms with E-state index in [-0.39, 0.29) is 0 Å². The number of hydrogen-bond donors (Lipinski definition) is 1. The van der Waals surface area contributed by atoms with Crippen LogP contribution in [0.25, 0.3) is 0 Å². The molecule has 1 heterocycles. The smallest absolute Gasteiger partial charge is 0.108 e. The maximum Gasteiger partial charge on any atom is 0.108 e. The van der Waals surface area contributed by atoms with Crippen LogP contribution >= 0.6 is 0 Å². The molecular weight excluding hydrogens is 136 g/mol. The minimum atomic E-state index is 0.359. The van der Waals surface area contributed by atoms with Gasteiger partial charge in [0, 0.05) is 6.54 Å². The van der Waals surface area contributed by atoms with E-state index in [9.17, 15) is 0 Å². The molecule has 1 N–H and O–H groups in total. The lowest BCUT2D eigenvalue weighted by atomic mass is 9.89. The SMILES string of the molecule is CC1NCC[N+](C)(C)C1(C)C. The third-order valence-corrected chi connectivity index (χ3v) is 3.74. The molecular formula is C9H21N2+. The summed E-state index contributed by atoms with van der Waals surface area (Å²) < 4.78 is 1.13. The molecule has 0 radical (unpaired) electrons. The minimum absolute atomic E-state index is 0.359. The average Bonchev–Trinajstić information content (AvgIpc) is 1.84. The molecule has 2 nitrogen and oxygen atoms in total. The fraction of sp³-hybridized carbons (Fsp3) is 1.00. The molecule has 1 rings (SSSR count). The molecule has 0 bridgehead atoms. The molecule has 0 aliphatic carbocycles.